The number of hydrogen-bond donors (Lipinski definition) is 0. The third-order valence-electron chi connectivity index (χ3n) is 2.46. The van der Waals surface area contributed by atoms with Gasteiger partial charge >= 0.3 is 0 Å². The van der Waals surface area contributed by atoms with Crippen LogP contribution in [0.25, 0.3) is 0 Å². The molecule has 0 fully saturated rings. The highest BCUT2D eigenvalue weighted by atomic mass is 15.7. The maximum Gasteiger partial charge on any atom is 0.0723 e. The van der Waals surface area contributed by atoms with Crippen LogP contribution in [0.2, 0.25) is 0 Å². The van der Waals surface area contributed by atoms with Crippen molar-refractivity contribution in [1.29, 1.82) is 0 Å². The molecule has 0 bridgehead atoms. The average molecular weight is 173 g/mol. The maximum atomic E-state index is 2.32. The molecule has 0 aliphatic rings. The highest BCUT2D eigenvalue weighted by molar-refractivity contribution is 4.57. The zero-order chi connectivity index (χ0) is 9.72. The first-order valence-corrected chi connectivity index (χ1v) is 4.68. The molecule has 1 atom stereocenters. The van der Waals surface area contributed by atoms with Crippen molar-refractivity contribution in [3.05, 3.63) is 0 Å². The molecule has 3 heteroatoms. The van der Waals surface area contributed by atoms with Gasteiger partial charge in [-0.05, 0) is 21.0 Å². The van der Waals surface area contributed by atoms with Crippen LogP contribution in [-0.4, -0.2) is 55.3 Å². The zero-order valence-electron chi connectivity index (χ0n) is 9.33. The molecular weight excluding hydrogens is 150 g/mol. The zero-order valence-corrected chi connectivity index (χ0v) is 9.33. The normalized spacial score (nSPS) is 14.8. The van der Waals surface area contributed by atoms with E-state index in [0.717, 1.165) is 13.1 Å². The van der Waals surface area contributed by atoms with Gasteiger partial charge in [0, 0.05) is 20.1 Å². The first kappa shape index (κ1) is 11.9. The van der Waals surface area contributed by atoms with Gasteiger partial charge in [-0.25, -0.2) is 10.0 Å². The molecule has 12 heavy (non-hydrogen) atoms. The average Bonchev–Trinajstić information content (AvgIpc) is 2.05. The summed E-state index contributed by atoms with van der Waals surface area (Å²) in [5, 5.41) is 4.60. The lowest BCUT2D eigenvalue weighted by atomic mass is 10.5. The second-order valence-corrected chi connectivity index (χ2v) is 3.31. The highest BCUT2D eigenvalue weighted by Gasteiger charge is 2.15. The maximum absolute atomic E-state index is 2.32. The van der Waals surface area contributed by atoms with Gasteiger partial charge in [0.15, 0.2) is 0 Å². The molecule has 0 spiro atoms. The van der Waals surface area contributed by atoms with Gasteiger partial charge in [0.2, 0.25) is 0 Å². The molecule has 74 valence electrons. The van der Waals surface area contributed by atoms with E-state index in [4.69, 9.17) is 0 Å². The first-order chi connectivity index (χ1) is 5.54. The van der Waals surface area contributed by atoms with Gasteiger partial charge in [0.1, 0.15) is 0 Å². The fourth-order valence-electron chi connectivity index (χ4n) is 1.24. The molecule has 0 aliphatic carbocycles. The van der Waals surface area contributed by atoms with Crippen LogP contribution in [0.3, 0.4) is 0 Å². The molecule has 0 rings (SSSR count). The van der Waals surface area contributed by atoms with E-state index in [1.807, 2.05) is 0 Å². The van der Waals surface area contributed by atoms with E-state index in [2.05, 4.69) is 56.8 Å². The van der Waals surface area contributed by atoms with Crippen LogP contribution in [0.4, 0.5) is 0 Å². The van der Waals surface area contributed by atoms with Crippen LogP contribution < -0.4 is 0 Å². The molecule has 1 unspecified atom stereocenters. The molecular formula is C9H23N3. The largest absolute Gasteiger partial charge is 0.293 e. The van der Waals surface area contributed by atoms with E-state index >= 15 is 0 Å². The minimum absolute atomic E-state index is 0.463. The first-order valence-electron chi connectivity index (χ1n) is 4.68. The minimum atomic E-state index is 0.463. The van der Waals surface area contributed by atoms with Crippen molar-refractivity contribution in [2.24, 2.45) is 0 Å². The fourth-order valence-corrected chi connectivity index (χ4v) is 1.24. The van der Waals surface area contributed by atoms with Gasteiger partial charge in [0.05, 0.1) is 6.17 Å². The Kier molecular flexibility index (Phi) is 5.46. The van der Waals surface area contributed by atoms with Crippen LogP contribution in [0.15, 0.2) is 0 Å². The molecule has 0 radical (unpaired) electrons. The summed E-state index contributed by atoms with van der Waals surface area (Å²) in [6, 6.07) is 0. The molecule has 0 aromatic heterocycles. The van der Waals surface area contributed by atoms with Gasteiger partial charge in [-0.15, -0.1) is 0 Å². The lowest BCUT2D eigenvalue weighted by Gasteiger charge is -2.37. The standard InChI is InChI=1S/C9H23N3/c1-7-12(8-2)11(6)9(3)10(4)5/h9H,7-8H2,1-6H3. The van der Waals surface area contributed by atoms with Crippen LogP contribution >= 0.6 is 0 Å². The number of hydrazine groups is 1. The van der Waals surface area contributed by atoms with Crippen LogP contribution in [0, 0.1) is 0 Å². The highest BCUT2D eigenvalue weighted by Crippen LogP contribution is 2.02. The lowest BCUT2D eigenvalue weighted by molar-refractivity contribution is -0.0682. The third-order valence-corrected chi connectivity index (χ3v) is 2.46. The Balaban J connectivity index is 4.05. The third kappa shape index (κ3) is 3.09. The molecule has 0 saturated heterocycles. The molecule has 3 nitrogen and oxygen atoms in total. The van der Waals surface area contributed by atoms with Gasteiger partial charge in [0.25, 0.3) is 0 Å². The van der Waals surface area contributed by atoms with E-state index < -0.39 is 0 Å². The van der Waals surface area contributed by atoms with Crippen molar-refractivity contribution < 1.29 is 0 Å². The summed E-state index contributed by atoms with van der Waals surface area (Å²) in [7, 11) is 6.34. The molecule has 0 amide bonds. The van der Waals surface area contributed by atoms with Gasteiger partial charge < -0.3 is 0 Å². The summed E-state index contributed by atoms with van der Waals surface area (Å²) in [6.45, 7) is 8.72. The predicted molar refractivity (Wildman–Crippen MR) is 53.8 cm³/mol. The lowest BCUT2D eigenvalue weighted by Crippen LogP contribution is -2.50. The van der Waals surface area contributed by atoms with Crippen molar-refractivity contribution >= 4 is 0 Å². The van der Waals surface area contributed by atoms with E-state index in [9.17, 15) is 0 Å². The second kappa shape index (κ2) is 5.51. The minimum Gasteiger partial charge on any atom is -0.293 e. The van der Waals surface area contributed by atoms with Crippen LogP contribution in [-0.2, 0) is 0 Å². The topological polar surface area (TPSA) is 9.72 Å². The van der Waals surface area contributed by atoms with E-state index in [1.165, 1.54) is 0 Å². The molecule has 0 aromatic rings. The Labute approximate surface area is 76.9 Å². The molecule has 0 saturated carbocycles. The fraction of sp³-hybridized carbons (Fsp3) is 1.00. The summed E-state index contributed by atoms with van der Waals surface area (Å²) >= 11 is 0. The summed E-state index contributed by atoms with van der Waals surface area (Å²) in [4.78, 5) is 2.21. The Morgan fingerprint density at radius 3 is 1.67 bits per heavy atom. The van der Waals surface area contributed by atoms with E-state index in [1.54, 1.807) is 0 Å². The van der Waals surface area contributed by atoms with E-state index in [0.29, 0.717) is 6.17 Å². The summed E-state index contributed by atoms with van der Waals surface area (Å²) in [6.07, 6.45) is 0.463. The Bertz CT molecular complexity index is 108. The Morgan fingerprint density at radius 2 is 1.42 bits per heavy atom. The second-order valence-electron chi connectivity index (χ2n) is 3.31. The Hall–Kier alpha value is -0.120. The number of rotatable bonds is 5. The summed E-state index contributed by atoms with van der Waals surface area (Å²) in [5.74, 6) is 0. The van der Waals surface area contributed by atoms with Gasteiger partial charge in [-0.2, -0.15) is 0 Å². The number of nitrogens with zero attached hydrogens (tertiary/aromatic N) is 3. The molecule has 0 aliphatic heterocycles. The molecule has 0 N–H and O–H groups in total. The van der Waals surface area contributed by atoms with Crippen LogP contribution in [0.5, 0.6) is 0 Å². The van der Waals surface area contributed by atoms with Gasteiger partial charge in [-0.3, -0.25) is 4.90 Å². The Morgan fingerprint density at radius 1 is 1.00 bits per heavy atom. The van der Waals surface area contributed by atoms with E-state index in [-0.39, 0.29) is 0 Å². The summed E-state index contributed by atoms with van der Waals surface area (Å²) < 4.78 is 0. The summed E-state index contributed by atoms with van der Waals surface area (Å²) in [5.41, 5.74) is 0. The van der Waals surface area contributed by atoms with Crippen molar-refractivity contribution in [3.8, 4) is 0 Å². The van der Waals surface area contributed by atoms with Crippen molar-refractivity contribution in [2.45, 2.75) is 26.9 Å². The van der Waals surface area contributed by atoms with Crippen molar-refractivity contribution in [3.63, 3.8) is 0 Å². The SMILES string of the molecule is CCN(CC)N(C)C(C)N(C)C. The predicted octanol–water partition coefficient (Wildman–Crippen LogP) is 1.08. The van der Waals surface area contributed by atoms with Crippen LogP contribution in [0.1, 0.15) is 20.8 Å². The molecule has 0 heterocycles. The van der Waals surface area contributed by atoms with Crippen molar-refractivity contribution in [1.82, 2.24) is 14.9 Å². The quantitative estimate of drug-likeness (QED) is 0.455. The number of hydrogen-bond acceptors (Lipinski definition) is 3. The monoisotopic (exact) mass is 173 g/mol. The van der Waals surface area contributed by atoms with Gasteiger partial charge in [-0.1, -0.05) is 13.8 Å². The smallest absolute Gasteiger partial charge is 0.0723 e. The molecule has 0 aromatic carbocycles. The van der Waals surface area contributed by atoms with Crippen molar-refractivity contribution in [2.75, 3.05) is 34.2 Å².